The van der Waals surface area contributed by atoms with E-state index < -0.39 is 11.9 Å². The van der Waals surface area contributed by atoms with Crippen LogP contribution in [0.1, 0.15) is 22.7 Å². The fraction of sp³-hybridized carbons (Fsp3) is 0.294. The number of benzene rings is 1. The van der Waals surface area contributed by atoms with Gasteiger partial charge in [-0.15, -0.1) is 0 Å². The van der Waals surface area contributed by atoms with Gasteiger partial charge in [-0.2, -0.15) is 0 Å². The van der Waals surface area contributed by atoms with E-state index in [1.807, 2.05) is 24.3 Å². The number of ether oxygens (including phenoxy) is 1. The van der Waals surface area contributed by atoms with Crippen molar-refractivity contribution in [2.24, 2.45) is 5.92 Å². The quantitative estimate of drug-likeness (QED) is 0.843. The molecule has 2 aromatic rings. The van der Waals surface area contributed by atoms with Gasteiger partial charge < -0.3 is 19.2 Å². The Hall–Kier alpha value is -2.28. The standard InChI is InChI=1S/C17H16BrNO5/c18-12-2-1-3-13(8-12)23-10-14-4-5-15(24-14)16(20)19-7-6-11(9-19)17(21)22/h1-5,8,11H,6-7,9-10H2,(H,21,22). The summed E-state index contributed by atoms with van der Waals surface area (Å²) in [5.74, 6) is -0.220. The summed E-state index contributed by atoms with van der Waals surface area (Å²) in [6, 6.07) is 10.7. The van der Waals surface area contributed by atoms with Gasteiger partial charge in [0.05, 0.1) is 5.92 Å². The lowest BCUT2D eigenvalue weighted by Crippen LogP contribution is -2.29. The molecule has 1 fully saturated rings. The Morgan fingerprint density at radius 1 is 1.33 bits per heavy atom. The smallest absolute Gasteiger partial charge is 0.308 e. The molecule has 1 unspecified atom stereocenters. The lowest BCUT2D eigenvalue weighted by molar-refractivity contribution is -0.141. The van der Waals surface area contributed by atoms with Crippen molar-refractivity contribution in [3.8, 4) is 5.75 Å². The van der Waals surface area contributed by atoms with E-state index in [0.717, 1.165) is 4.47 Å². The first-order chi connectivity index (χ1) is 11.5. The highest BCUT2D eigenvalue weighted by Gasteiger charge is 2.32. The summed E-state index contributed by atoms with van der Waals surface area (Å²) in [4.78, 5) is 24.8. The summed E-state index contributed by atoms with van der Waals surface area (Å²) in [6.45, 7) is 0.862. The van der Waals surface area contributed by atoms with Gasteiger partial charge in [-0.25, -0.2) is 0 Å². The highest BCUT2D eigenvalue weighted by molar-refractivity contribution is 9.10. The Balaban J connectivity index is 1.59. The molecule has 2 heterocycles. The monoisotopic (exact) mass is 393 g/mol. The van der Waals surface area contributed by atoms with Crippen LogP contribution in [-0.2, 0) is 11.4 Å². The lowest BCUT2D eigenvalue weighted by Gasteiger charge is -2.13. The molecule has 1 aromatic heterocycles. The van der Waals surface area contributed by atoms with Gasteiger partial charge in [-0.3, -0.25) is 9.59 Å². The molecule has 0 bridgehead atoms. The number of carbonyl (C=O) groups is 2. The van der Waals surface area contributed by atoms with E-state index in [4.69, 9.17) is 14.3 Å². The van der Waals surface area contributed by atoms with Crippen molar-refractivity contribution in [3.63, 3.8) is 0 Å². The third-order valence-corrected chi connectivity index (χ3v) is 4.37. The Kier molecular flexibility index (Phi) is 4.89. The molecule has 1 atom stereocenters. The van der Waals surface area contributed by atoms with Gasteiger partial charge in [-0.05, 0) is 36.8 Å². The zero-order chi connectivity index (χ0) is 17.1. The summed E-state index contributed by atoms with van der Waals surface area (Å²) < 4.78 is 12.1. The number of furan rings is 1. The molecular formula is C17H16BrNO5. The second-order valence-corrected chi connectivity index (χ2v) is 6.50. The summed E-state index contributed by atoms with van der Waals surface area (Å²) in [5, 5.41) is 9.00. The van der Waals surface area contributed by atoms with Crippen molar-refractivity contribution in [3.05, 3.63) is 52.4 Å². The van der Waals surface area contributed by atoms with Crippen molar-refractivity contribution < 1.29 is 23.8 Å². The molecule has 7 heteroatoms. The van der Waals surface area contributed by atoms with Gasteiger partial charge in [0.25, 0.3) is 5.91 Å². The minimum Gasteiger partial charge on any atom is -0.486 e. The number of halogens is 1. The molecular weight excluding hydrogens is 378 g/mol. The molecule has 1 amide bonds. The summed E-state index contributed by atoms with van der Waals surface area (Å²) in [5.41, 5.74) is 0. The maximum absolute atomic E-state index is 12.3. The number of hydrogen-bond donors (Lipinski definition) is 1. The van der Waals surface area contributed by atoms with Crippen LogP contribution < -0.4 is 4.74 Å². The molecule has 126 valence electrons. The molecule has 0 radical (unpaired) electrons. The number of aliphatic carboxylic acids is 1. The highest BCUT2D eigenvalue weighted by Crippen LogP contribution is 2.22. The van der Waals surface area contributed by atoms with E-state index in [1.54, 1.807) is 12.1 Å². The highest BCUT2D eigenvalue weighted by atomic mass is 79.9. The summed E-state index contributed by atoms with van der Waals surface area (Å²) in [6.07, 6.45) is 0.473. The summed E-state index contributed by atoms with van der Waals surface area (Å²) in [7, 11) is 0. The van der Waals surface area contributed by atoms with Crippen LogP contribution in [0.15, 0.2) is 45.3 Å². The van der Waals surface area contributed by atoms with Crippen molar-refractivity contribution in [1.82, 2.24) is 4.90 Å². The van der Waals surface area contributed by atoms with E-state index in [9.17, 15) is 9.59 Å². The van der Waals surface area contributed by atoms with Gasteiger partial charge in [0.15, 0.2) is 5.76 Å². The van der Waals surface area contributed by atoms with Crippen LogP contribution in [0.5, 0.6) is 5.75 Å². The van der Waals surface area contributed by atoms with Crippen LogP contribution in [0.25, 0.3) is 0 Å². The number of likely N-dealkylation sites (tertiary alicyclic amines) is 1. The first-order valence-electron chi connectivity index (χ1n) is 7.52. The molecule has 1 aliphatic heterocycles. The maximum Gasteiger partial charge on any atom is 0.308 e. The van der Waals surface area contributed by atoms with Gasteiger partial charge in [0, 0.05) is 17.6 Å². The van der Waals surface area contributed by atoms with Gasteiger partial charge in [-0.1, -0.05) is 22.0 Å². The normalized spacial score (nSPS) is 17.0. The second kappa shape index (κ2) is 7.09. The van der Waals surface area contributed by atoms with Crippen molar-refractivity contribution in [2.45, 2.75) is 13.0 Å². The number of nitrogens with zero attached hydrogens (tertiary/aromatic N) is 1. The number of carboxylic acid groups (broad SMARTS) is 1. The number of carboxylic acids is 1. The number of amides is 1. The van der Waals surface area contributed by atoms with Crippen LogP contribution in [0.4, 0.5) is 0 Å². The molecule has 3 rings (SSSR count). The van der Waals surface area contributed by atoms with E-state index in [0.29, 0.717) is 24.5 Å². The molecule has 6 nitrogen and oxygen atoms in total. The fourth-order valence-electron chi connectivity index (χ4n) is 2.58. The van der Waals surface area contributed by atoms with E-state index in [1.165, 1.54) is 4.90 Å². The number of carbonyl (C=O) groups excluding carboxylic acids is 1. The largest absolute Gasteiger partial charge is 0.486 e. The van der Waals surface area contributed by atoms with Gasteiger partial charge in [0.2, 0.25) is 0 Å². The third-order valence-electron chi connectivity index (χ3n) is 3.87. The van der Waals surface area contributed by atoms with Crippen LogP contribution in [0.2, 0.25) is 0 Å². The number of rotatable bonds is 5. The van der Waals surface area contributed by atoms with E-state index in [-0.39, 0.29) is 24.8 Å². The van der Waals surface area contributed by atoms with E-state index >= 15 is 0 Å². The molecule has 0 aliphatic carbocycles. The Morgan fingerprint density at radius 2 is 2.17 bits per heavy atom. The van der Waals surface area contributed by atoms with Crippen molar-refractivity contribution in [2.75, 3.05) is 13.1 Å². The van der Waals surface area contributed by atoms with Crippen molar-refractivity contribution >= 4 is 27.8 Å². The fourth-order valence-corrected chi connectivity index (χ4v) is 2.96. The predicted molar refractivity (Wildman–Crippen MR) is 88.8 cm³/mol. The minimum absolute atomic E-state index is 0.203. The molecule has 1 aliphatic rings. The maximum atomic E-state index is 12.3. The zero-order valence-electron chi connectivity index (χ0n) is 12.8. The van der Waals surface area contributed by atoms with Crippen molar-refractivity contribution in [1.29, 1.82) is 0 Å². The van der Waals surface area contributed by atoms with Crippen LogP contribution >= 0.6 is 15.9 Å². The van der Waals surface area contributed by atoms with E-state index in [2.05, 4.69) is 15.9 Å². The van der Waals surface area contributed by atoms with Crippen LogP contribution in [-0.4, -0.2) is 35.0 Å². The molecule has 1 aromatic carbocycles. The van der Waals surface area contributed by atoms with Crippen LogP contribution in [0, 0.1) is 5.92 Å². The topological polar surface area (TPSA) is 80.0 Å². The Morgan fingerprint density at radius 3 is 2.88 bits per heavy atom. The average Bonchev–Trinajstić information content (AvgIpc) is 3.22. The molecule has 0 spiro atoms. The predicted octanol–water partition coefficient (Wildman–Crippen LogP) is 3.17. The third kappa shape index (κ3) is 3.79. The average molecular weight is 394 g/mol. The Bertz CT molecular complexity index is 757. The molecule has 1 saturated heterocycles. The zero-order valence-corrected chi connectivity index (χ0v) is 14.4. The lowest BCUT2D eigenvalue weighted by atomic mass is 10.1. The van der Waals surface area contributed by atoms with Crippen LogP contribution in [0.3, 0.4) is 0 Å². The minimum atomic E-state index is -0.868. The second-order valence-electron chi connectivity index (χ2n) is 5.59. The molecule has 1 N–H and O–H groups in total. The molecule has 0 saturated carbocycles. The first kappa shape index (κ1) is 16.6. The SMILES string of the molecule is O=C(O)C1CCN(C(=O)c2ccc(COc3cccc(Br)c3)o2)C1. The van der Waals surface area contributed by atoms with Gasteiger partial charge >= 0.3 is 5.97 Å². The first-order valence-corrected chi connectivity index (χ1v) is 8.31. The Labute approximate surface area is 147 Å². The number of hydrogen-bond acceptors (Lipinski definition) is 4. The summed E-state index contributed by atoms with van der Waals surface area (Å²) >= 11 is 3.37. The molecule has 24 heavy (non-hydrogen) atoms. The van der Waals surface area contributed by atoms with Gasteiger partial charge in [0.1, 0.15) is 18.1 Å².